The smallest absolute Gasteiger partial charge is 0.407 e. The second kappa shape index (κ2) is 8.71. The van der Waals surface area contributed by atoms with Crippen LogP contribution in [-0.2, 0) is 4.74 Å². The molecule has 0 aromatic heterocycles. The van der Waals surface area contributed by atoms with Crippen LogP contribution in [-0.4, -0.2) is 24.2 Å². The molecular weight excluding hydrogens is 394 g/mol. The summed E-state index contributed by atoms with van der Waals surface area (Å²) < 4.78 is 5.47. The van der Waals surface area contributed by atoms with Crippen molar-refractivity contribution in [3.05, 3.63) is 99.6 Å². The van der Waals surface area contributed by atoms with Gasteiger partial charge in [0.2, 0.25) is 0 Å². The monoisotopic (exact) mass is 415 g/mol. The Balaban J connectivity index is 1.34. The Morgan fingerprint density at radius 3 is 2.35 bits per heavy atom. The zero-order chi connectivity index (χ0) is 21.8. The van der Waals surface area contributed by atoms with Crippen LogP contribution in [0.2, 0.25) is 0 Å². The van der Waals surface area contributed by atoms with Gasteiger partial charge in [0, 0.05) is 35.8 Å². The lowest BCUT2D eigenvalue weighted by atomic mass is 9.98. The Hall–Kier alpha value is -4.13. The van der Waals surface area contributed by atoms with E-state index < -0.39 is 11.0 Å². The van der Waals surface area contributed by atoms with E-state index in [2.05, 4.69) is 29.6 Å². The summed E-state index contributed by atoms with van der Waals surface area (Å²) in [5.41, 5.74) is 11.4. The normalized spacial score (nSPS) is 12.4. The molecule has 0 bridgehead atoms. The van der Waals surface area contributed by atoms with E-state index in [9.17, 15) is 14.9 Å². The first-order chi connectivity index (χ1) is 15.0. The molecule has 3 aromatic carbocycles. The number of anilines is 1. The standard InChI is InChI=1S/C24H21N3O4/c25-23-12-11-17(27(29)30)14-16(23)6-5-13-26-24(28)31-15-22-20-9-3-1-7-18(20)19-8-2-4-10-21(19)22/h1-12,14,22H,13,15,25H2,(H,26,28). The number of nitrogens with one attached hydrogen (secondary N) is 1. The molecule has 7 heteroatoms. The van der Waals surface area contributed by atoms with Crippen LogP contribution in [0.5, 0.6) is 0 Å². The van der Waals surface area contributed by atoms with Crippen LogP contribution in [0, 0.1) is 10.1 Å². The average Bonchev–Trinajstić information content (AvgIpc) is 3.10. The van der Waals surface area contributed by atoms with Gasteiger partial charge in [0.15, 0.2) is 0 Å². The highest BCUT2D eigenvalue weighted by molar-refractivity contribution is 5.79. The van der Waals surface area contributed by atoms with Crippen LogP contribution in [0.25, 0.3) is 17.2 Å². The van der Waals surface area contributed by atoms with Gasteiger partial charge in [0.1, 0.15) is 6.61 Å². The average molecular weight is 415 g/mol. The third kappa shape index (κ3) is 4.25. The summed E-state index contributed by atoms with van der Waals surface area (Å²) in [6.07, 6.45) is 2.77. The first kappa shape index (κ1) is 20.2. The van der Waals surface area contributed by atoms with Crippen LogP contribution >= 0.6 is 0 Å². The van der Waals surface area contributed by atoms with E-state index in [1.807, 2.05) is 24.3 Å². The number of nitro benzene ring substituents is 1. The number of carbonyl (C=O) groups excluding carboxylic acids is 1. The summed E-state index contributed by atoms with van der Waals surface area (Å²) in [6, 6.07) is 20.5. The maximum Gasteiger partial charge on any atom is 0.407 e. The highest BCUT2D eigenvalue weighted by atomic mass is 16.6. The van der Waals surface area contributed by atoms with E-state index in [0.29, 0.717) is 11.3 Å². The number of nitrogens with zero attached hydrogens (tertiary/aromatic N) is 1. The lowest BCUT2D eigenvalue weighted by Crippen LogP contribution is -2.26. The van der Waals surface area contributed by atoms with Gasteiger partial charge < -0.3 is 15.8 Å². The molecule has 0 fully saturated rings. The van der Waals surface area contributed by atoms with Gasteiger partial charge in [-0.3, -0.25) is 10.1 Å². The van der Waals surface area contributed by atoms with Crippen molar-refractivity contribution in [3.8, 4) is 11.1 Å². The molecule has 3 N–H and O–H groups in total. The van der Waals surface area contributed by atoms with Crippen LogP contribution < -0.4 is 11.1 Å². The van der Waals surface area contributed by atoms with Crippen LogP contribution in [0.3, 0.4) is 0 Å². The SMILES string of the molecule is Nc1ccc([N+](=O)[O-])cc1C=CCNC(=O)OCC1c2ccccc2-c2ccccc21. The predicted molar refractivity (Wildman–Crippen MR) is 120 cm³/mol. The molecule has 0 atom stereocenters. The predicted octanol–water partition coefficient (Wildman–Crippen LogP) is 4.73. The molecule has 0 saturated carbocycles. The molecule has 0 radical (unpaired) electrons. The van der Waals surface area contributed by atoms with E-state index in [1.54, 1.807) is 12.2 Å². The molecule has 0 saturated heterocycles. The molecule has 3 aromatic rings. The molecule has 1 aliphatic carbocycles. The topological polar surface area (TPSA) is 107 Å². The summed E-state index contributed by atoms with van der Waals surface area (Å²) in [4.78, 5) is 22.6. The van der Waals surface area contributed by atoms with Crippen LogP contribution in [0.4, 0.5) is 16.2 Å². The van der Waals surface area contributed by atoms with E-state index in [4.69, 9.17) is 10.5 Å². The second-order valence-corrected chi connectivity index (χ2v) is 7.18. The molecule has 1 aliphatic rings. The van der Waals surface area contributed by atoms with Gasteiger partial charge in [-0.2, -0.15) is 0 Å². The zero-order valence-electron chi connectivity index (χ0n) is 16.7. The summed E-state index contributed by atoms with van der Waals surface area (Å²) >= 11 is 0. The number of benzene rings is 3. The van der Waals surface area contributed by atoms with Gasteiger partial charge in [-0.1, -0.05) is 60.7 Å². The molecule has 1 amide bonds. The fraction of sp³-hybridized carbons (Fsp3) is 0.125. The van der Waals surface area contributed by atoms with Crippen molar-refractivity contribution in [2.45, 2.75) is 5.92 Å². The minimum atomic E-state index is -0.529. The van der Waals surface area contributed by atoms with Crippen molar-refractivity contribution in [3.63, 3.8) is 0 Å². The van der Waals surface area contributed by atoms with Gasteiger partial charge in [-0.15, -0.1) is 0 Å². The van der Waals surface area contributed by atoms with E-state index >= 15 is 0 Å². The Kier molecular flexibility index (Phi) is 5.66. The molecule has 0 heterocycles. The Labute approximate surface area is 179 Å². The lowest BCUT2D eigenvalue weighted by Gasteiger charge is -2.14. The quantitative estimate of drug-likeness (QED) is 0.344. The molecule has 31 heavy (non-hydrogen) atoms. The number of nitro groups is 1. The van der Waals surface area contributed by atoms with Crippen molar-refractivity contribution in [1.82, 2.24) is 5.32 Å². The molecule has 0 unspecified atom stereocenters. The molecular formula is C24H21N3O4. The van der Waals surface area contributed by atoms with Gasteiger partial charge in [-0.25, -0.2) is 4.79 Å². The van der Waals surface area contributed by atoms with Crippen molar-refractivity contribution < 1.29 is 14.5 Å². The van der Waals surface area contributed by atoms with Gasteiger partial charge in [0.25, 0.3) is 5.69 Å². The van der Waals surface area contributed by atoms with Crippen LogP contribution in [0.15, 0.2) is 72.8 Å². The minimum absolute atomic E-state index is 0.00152. The van der Waals surface area contributed by atoms with Gasteiger partial charge in [-0.05, 0) is 28.3 Å². The number of rotatable bonds is 6. The first-order valence-corrected chi connectivity index (χ1v) is 9.84. The summed E-state index contributed by atoms with van der Waals surface area (Å²) in [5.74, 6) is -0.00152. The highest BCUT2D eigenvalue weighted by Crippen LogP contribution is 2.44. The van der Waals surface area contributed by atoms with E-state index in [-0.39, 0.29) is 24.8 Å². The number of carbonyl (C=O) groups is 1. The molecule has 0 aliphatic heterocycles. The third-order valence-electron chi connectivity index (χ3n) is 5.29. The van der Waals surface area contributed by atoms with Crippen LogP contribution in [0.1, 0.15) is 22.6 Å². The first-order valence-electron chi connectivity index (χ1n) is 9.84. The number of nitrogens with two attached hydrogens (primary N) is 1. The zero-order valence-corrected chi connectivity index (χ0v) is 16.7. The fourth-order valence-corrected chi connectivity index (χ4v) is 3.80. The number of hydrogen-bond donors (Lipinski definition) is 2. The number of alkyl carbamates (subject to hydrolysis) is 1. The number of fused-ring (bicyclic) bond motifs is 3. The highest BCUT2D eigenvalue weighted by Gasteiger charge is 2.28. The maximum atomic E-state index is 12.2. The third-order valence-corrected chi connectivity index (χ3v) is 5.29. The largest absolute Gasteiger partial charge is 0.449 e. The number of hydrogen-bond acceptors (Lipinski definition) is 5. The fourth-order valence-electron chi connectivity index (χ4n) is 3.80. The minimum Gasteiger partial charge on any atom is -0.449 e. The number of ether oxygens (including phenoxy) is 1. The Bertz CT molecular complexity index is 1130. The summed E-state index contributed by atoms with van der Waals surface area (Å²) in [7, 11) is 0. The molecule has 0 spiro atoms. The Morgan fingerprint density at radius 1 is 1.06 bits per heavy atom. The van der Waals surface area contributed by atoms with Gasteiger partial charge in [0.05, 0.1) is 4.92 Å². The molecule has 4 rings (SSSR count). The van der Waals surface area contributed by atoms with Crippen molar-refractivity contribution in [1.29, 1.82) is 0 Å². The maximum absolute atomic E-state index is 12.2. The molecule has 7 nitrogen and oxygen atoms in total. The van der Waals surface area contributed by atoms with E-state index in [0.717, 1.165) is 11.1 Å². The lowest BCUT2D eigenvalue weighted by molar-refractivity contribution is -0.384. The second-order valence-electron chi connectivity index (χ2n) is 7.18. The number of nitrogen functional groups attached to an aromatic ring is 1. The van der Waals surface area contributed by atoms with Gasteiger partial charge >= 0.3 is 6.09 Å². The molecule has 156 valence electrons. The number of non-ortho nitro benzene ring substituents is 1. The summed E-state index contributed by atoms with van der Waals surface area (Å²) in [6.45, 7) is 0.445. The van der Waals surface area contributed by atoms with E-state index in [1.165, 1.54) is 29.3 Å². The Morgan fingerprint density at radius 2 is 1.71 bits per heavy atom. The van der Waals surface area contributed by atoms with Crippen molar-refractivity contribution in [2.24, 2.45) is 0 Å². The van der Waals surface area contributed by atoms with Crippen molar-refractivity contribution >= 4 is 23.5 Å². The summed E-state index contributed by atoms with van der Waals surface area (Å²) in [5, 5.41) is 13.5. The number of amides is 1. The van der Waals surface area contributed by atoms with Crippen molar-refractivity contribution in [2.75, 3.05) is 18.9 Å².